The van der Waals surface area contributed by atoms with Crippen molar-refractivity contribution in [3.63, 3.8) is 0 Å². The number of nitrogens with one attached hydrogen (secondary N) is 3. The highest BCUT2D eigenvalue weighted by molar-refractivity contribution is 6.33. The summed E-state index contributed by atoms with van der Waals surface area (Å²) in [5, 5.41) is 19.3. The number of hydrogen-bond acceptors (Lipinski definition) is 9. The second-order valence-electron chi connectivity index (χ2n) is 7.89. The number of rotatable bonds is 8. The Balaban J connectivity index is 1.20. The van der Waals surface area contributed by atoms with Crippen LogP contribution in [0.15, 0.2) is 36.8 Å². The van der Waals surface area contributed by atoms with Crippen LogP contribution in [0.25, 0.3) is 10.9 Å². The highest BCUT2D eigenvalue weighted by Gasteiger charge is 2.21. The van der Waals surface area contributed by atoms with Gasteiger partial charge in [-0.3, -0.25) is 5.32 Å². The van der Waals surface area contributed by atoms with Crippen molar-refractivity contribution < 1.29 is 14.6 Å². The number of ether oxygens (including phenoxy) is 1. The molecule has 0 unspecified atom stereocenters. The van der Waals surface area contributed by atoms with E-state index in [1.54, 1.807) is 6.20 Å². The van der Waals surface area contributed by atoms with Crippen LogP contribution in [-0.2, 0) is 4.74 Å². The lowest BCUT2D eigenvalue weighted by Gasteiger charge is -2.29. The summed E-state index contributed by atoms with van der Waals surface area (Å²) in [7, 11) is 0. The zero-order chi connectivity index (χ0) is 23.0. The van der Waals surface area contributed by atoms with Gasteiger partial charge in [0.1, 0.15) is 17.9 Å². The van der Waals surface area contributed by atoms with Crippen molar-refractivity contribution >= 4 is 46.1 Å². The number of amides is 1. The quantitative estimate of drug-likeness (QED) is 0.362. The lowest BCUT2D eigenvalue weighted by Crippen LogP contribution is -2.29. The number of nitrogens with zero attached hydrogens (tertiary/aromatic N) is 4. The van der Waals surface area contributed by atoms with Gasteiger partial charge in [0.05, 0.1) is 24.7 Å². The molecular weight excluding hydrogens is 446 g/mol. The Hall–Kier alpha value is -3.24. The van der Waals surface area contributed by atoms with Crippen molar-refractivity contribution in [2.45, 2.75) is 31.7 Å². The van der Waals surface area contributed by atoms with Crippen LogP contribution in [0, 0.1) is 5.92 Å². The highest BCUT2D eigenvalue weighted by Crippen LogP contribution is 2.27. The van der Waals surface area contributed by atoms with Crippen molar-refractivity contribution in [3.05, 3.63) is 41.9 Å². The topological polar surface area (TPSA) is 134 Å². The molecule has 33 heavy (non-hydrogen) atoms. The Morgan fingerprint density at radius 1 is 1.12 bits per heavy atom. The number of carbonyl (C=O) groups excluding carboxylic acids is 1. The summed E-state index contributed by atoms with van der Waals surface area (Å²) in [6.45, 7) is 0.500. The summed E-state index contributed by atoms with van der Waals surface area (Å²) in [4.78, 5) is 28.6. The van der Waals surface area contributed by atoms with E-state index in [2.05, 4.69) is 35.9 Å². The van der Waals surface area contributed by atoms with E-state index in [0.717, 1.165) is 43.4 Å². The van der Waals surface area contributed by atoms with Crippen LogP contribution in [0.3, 0.4) is 0 Å². The Morgan fingerprint density at radius 2 is 1.91 bits per heavy atom. The average Bonchev–Trinajstić information content (AvgIpc) is 2.84. The van der Waals surface area contributed by atoms with E-state index in [0.29, 0.717) is 34.3 Å². The van der Waals surface area contributed by atoms with Gasteiger partial charge < -0.3 is 20.5 Å². The predicted octanol–water partition coefficient (Wildman–Crippen LogP) is 3.70. The van der Waals surface area contributed by atoms with Crippen molar-refractivity contribution in [1.82, 2.24) is 19.9 Å². The highest BCUT2D eigenvalue weighted by atomic mass is 35.5. The smallest absolute Gasteiger partial charge is 0.411 e. The Morgan fingerprint density at radius 3 is 2.67 bits per heavy atom. The molecule has 0 atom stereocenters. The van der Waals surface area contributed by atoms with Crippen LogP contribution in [-0.4, -0.2) is 56.9 Å². The first-order chi connectivity index (χ1) is 16.1. The molecule has 0 radical (unpaired) electrons. The first kappa shape index (κ1) is 22.9. The average molecular weight is 472 g/mol. The normalized spacial score (nSPS) is 18.0. The van der Waals surface area contributed by atoms with Gasteiger partial charge in [-0.15, -0.1) is 0 Å². The van der Waals surface area contributed by atoms with E-state index in [-0.39, 0.29) is 13.2 Å². The number of aliphatic hydroxyl groups is 1. The van der Waals surface area contributed by atoms with Gasteiger partial charge in [0.2, 0.25) is 5.95 Å². The fourth-order valence-electron chi connectivity index (χ4n) is 3.83. The van der Waals surface area contributed by atoms with Crippen LogP contribution in [0.1, 0.15) is 25.7 Å². The van der Waals surface area contributed by atoms with Crippen molar-refractivity contribution in [2.24, 2.45) is 5.92 Å². The molecule has 4 N–H and O–H groups in total. The fraction of sp³-hybridized carbons (Fsp3) is 0.409. The van der Waals surface area contributed by atoms with Crippen LogP contribution >= 0.6 is 11.6 Å². The molecule has 0 aliphatic heterocycles. The summed E-state index contributed by atoms with van der Waals surface area (Å²) in [6, 6.07) is 6.26. The molecule has 3 heterocycles. The number of pyridine rings is 2. The molecule has 0 spiro atoms. The van der Waals surface area contributed by atoms with E-state index in [4.69, 9.17) is 21.4 Å². The SMILES string of the molecule is O=C(Nc1cnc(NCC2CCC(Nc3ccc4ccnc(Cl)c4n3)CC2)nc1)OCCO. The van der Waals surface area contributed by atoms with Gasteiger partial charge in [0.15, 0.2) is 5.15 Å². The maximum Gasteiger partial charge on any atom is 0.411 e. The zero-order valence-corrected chi connectivity index (χ0v) is 18.8. The first-order valence-corrected chi connectivity index (χ1v) is 11.3. The molecule has 0 bridgehead atoms. The molecule has 3 aromatic heterocycles. The largest absolute Gasteiger partial charge is 0.447 e. The molecule has 0 saturated heterocycles. The summed E-state index contributed by atoms with van der Waals surface area (Å²) in [5.41, 5.74) is 1.14. The molecule has 1 saturated carbocycles. The van der Waals surface area contributed by atoms with Gasteiger partial charge in [-0.25, -0.2) is 24.7 Å². The Kier molecular flexibility index (Phi) is 7.69. The molecule has 1 aliphatic rings. The molecule has 3 aromatic rings. The monoisotopic (exact) mass is 471 g/mol. The maximum atomic E-state index is 11.5. The van der Waals surface area contributed by atoms with Crippen LogP contribution in [0.4, 0.5) is 22.2 Å². The molecular formula is C22H26ClN7O3. The van der Waals surface area contributed by atoms with Gasteiger partial charge in [-0.1, -0.05) is 11.6 Å². The number of carbonyl (C=O) groups is 1. The van der Waals surface area contributed by atoms with Crippen molar-refractivity contribution in [3.8, 4) is 0 Å². The molecule has 10 nitrogen and oxygen atoms in total. The summed E-state index contributed by atoms with van der Waals surface area (Å²) < 4.78 is 4.73. The second kappa shape index (κ2) is 11.1. The van der Waals surface area contributed by atoms with Crippen LogP contribution < -0.4 is 16.0 Å². The third kappa shape index (κ3) is 6.39. The van der Waals surface area contributed by atoms with E-state index >= 15 is 0 Å². The van der Waals surface area contributed by atoms with Crippen molar-refractivity contribution in [2.75, 3.05) is 35.7 Å². The summed E-state index contributed by atoms with van der Waals surface area (Å²) >= 11 is 6.17. The van der Waals surface area contributed by atoms with Gasteiger partial charge in [-0.2, -0.15) is 0 Å². The van der Waals surface area contributed by atoms with Crippen LogP contribution in [0.2, 0.25) is 5.15 Å². The minimum absolute atomic E-state index is 0.0608. The number of hydrogen-bond donors (Lipinski definition) is 4. The summed E-state index contributed by atoms with van der Waals surface area (Å²) in [6.07, 6.45) is 8.30. The number of anilines is 3. The number of fused-ring (bicyclic) bond motifs is 1. The molecule has 4 rings (SSSR count). The number of aliphatic hydroxyl groups excluding tert-OH is 1. The predicted molar refractivity (Wildman–Crippen MR) is 126 cm³/mol. The number of aromatic nitrogens is 4. The summed E-state index contributed by atoms with van der Waals surface area (Å²) in [5.74, 6) is 1.86. The third-order valence-corrected chi connectivity index (χ3v) is 5.81. The molecule has 11 heteroatoms. The van der Waals surface area contributed by atoms with Crippen LogP contribution in [0.5, 0.6) is 0 Å². The van der Waals surface area contributed by atoms with Gasteiger partial charge in [-0.05, 0) is 49.8 Å². The van der Waals surface area contributed by atoms with Gasteiger partial charge >= 0.3 is 6.09 Å². The molecule has 0 aromatic carbocycles. The van der Waals surface area contributed by atoms with Crippen molar-refractivity contribution in [1.29, 1.82) is 0 Å². The van der Waals surface area contributed by atoms with Gasteiger partial charge in [0, 0.05) is 24.2 Å². The van der Waals surface area contributed by atoms with E-state index < -0.39 is 6.09 Å². The minimum atomic E-state index is -0.655. The molecule has 1 aliphatic carbocycles. The Bertz CT molecular complexity index is 1080. The van der Waals surface area contributed by atoms with E-state index in [9.17, 15) is 4.79 Å². The second-order valence-corrected chi connectivity index (χ2v) is 8.25. The Labute approximate surface area is 196 Å². The molecule has 1 amide bonds. The first-order valence-electron chi connectivity index (χ1n) is 10.9. The standard InChI is InChI=1S/C22H26ClN7O3/c23-20-19-15(7-8-24-20)3-6-18(30-19)28-16-4-1-14(2-5-16)11-25-21-26-12-17(13-27-21)29-22(32)33-10-9-31/h3,6-8,12-14,16,31H,1-2,4-5,9-11H2,(H,28,30)(H,29,32)(H,25,26,27). The van der Waals surface area contributed by atoms with E-state index in [1.165, 1.54) is 12.4 Å². The zero-order valence-electron chi connectivity index (χ0n) is 18.0. The lowest BCUT2D eigenvalue weighted by atomic mass is 9.86. The molecule has 1 fully saturated rings. The number of halogens is 1. The lowest BCUT2D eigenvalue weighted by molar-refractivity contribution is 0.131. The van der Waals surface area contributed by atoms with E-state index in [1.807, 2.05) is 18.2 Å². The minimum Gasteiger partial charge on any atom is -0.447 e. The molecule has 174 valence electrons. The fourth-order valence-corrected chi connectivity index (χ4v) is 4.03. The van der Waals surface area contributed by atoms with Gasteiger partial charge in [0.25, 0.3) is 0 Å². The third-order valence-electron chi connectivity index (χ3n) is 5.53. The maximum absolute atomic E-state index is 11.5.